The van der Waals surface area contributed by atoms with Crippen molar-refractivity contribution in [1.29, 1.82) is 0 Å². The van der Waals surface area contributed by atoms with Crippen LogP contribution in [0.1, 0.15) is 35.7 Å². The molecule has 2 aliphatic rings. The van der Waals surface area contributed by atoms with Gasteiger partial charge in [0, 0.05) is 22.4 Å². The van der Waals surface area contributed by atoms with Gasteiger partial charge in [0.1, 0.15) is 11.6 Å². The molecule has 20 heavy (non-hydrogen) atoms. The SMILES string of the molecule is Clc1nnc(C2CC2)n1Cc1cc(Br)cc2c1OCC2. The quantitative estimate of drug-likeness (QED) is 0.846. The van der Waals surface area contributed by atoms with Crippen LogP contribution in [0.3, 0.4) is 0 Å². The number of hydrogen-bond donors (Lipinski definition) is 0. The van der Waals surface area contributed by atoms with Gasteiger partial charge in [0.2, 0.25) is 5.28 Å². The van der Waals surface area contributed by atoms with Gasteiger partial charge in [-0.2, -0.15) is 0 Å². The highest BCUT2D eigenvalue weighted by Gasteiger charge is 2.30. The smallest absolute Gasteiger partial charge is 0.225 e. The Balaban J connectivity index is 1.75. The van der Waals surface area contributed by atoms with Crippen molar-refractivity contribution in [2.24, 2.45) is 0 Å². The first kappa shape index (κ1) is 12.7. The molecular formula is C14H13BrClN3O. The number of aromatic nitrogens is 3. The molecule has 2 aromatic rings. The van der Waals surface area contributed by atoms with Crippen molar-refractivity contribution in [2.45, 2.75) is 31.7 Å². The monoisotopic (exact) mass is 353 g/mol. The average Bonchev–Trinajstić information content (AvgIpc) is 3.04. The number of benzene rings is 1. The first-order valence-corrected chi connectivity index (χ1v) is 7.92. The molecule has 0 saturated heterocycles. The molecule has 1 aliphatic carbocycles. The van der Waals surface area contributed by atoms with E-state index in [0.717, 1.165) is 34.6 Å². The highest BCUT2D eigenvalue weighted by atomic mass is 79.9. The molecular weight excluding hydrogens is 342 g/mol. The largest absolute Gasteiger partial charge is 0.493 e. The summed E-state index contributed by atoms with van der Waals surface area (Å²) in [6.07, 6.45) is 3.33. The lowest BCUT2D eigenvalue weighted by Crippen LogP contribution is -2.06. The van der Waals surface area contributed by atoms with Gasteiger partial charge in [-0.05, 0) is 42.1 Å². The lowest BCUT2D eigenvalue weighted by molar-refractivity contribution is 0.352. The summed E-state index contributed by atoms with van der Waals surface area (Å²) in [6, 6.07) is 4.22. The maximum Gasteiger partial charge on any atom is 0.225 e. The maximum absolute atomic E-state index is 6.19. The average molecular weight is 355 g/mol. The van der Waals surface area contributed by atoms with Gasteiger partial charge < -0.3 is 4.74 Å². The van der Waals surface area contributed by atoms with Crippen LogP contribution in [0.15, 0.2) is 16.6 Å². The van der Waals surface area contributed by atoms with Crippen LogP contribution in [0.5, 0.6) is 5.75 Å². The van der Waals surface area contributed by atoms with E-state index in [-0.39, 0.29) is 0 Å². The van der Waals surface area contributed by atoms with Gasteiger partial charge in [-0.3, -0.25) is 4.57 Å². The zero-order valence-corrected chi connectivity index (χ0v) is 13.1. The van der Waals surface area contributed by atoms with Crippen molar-refractivity contribution in [3.63, 3.8) is 0 Å². The van der Waals surface area contributed by atoms with Gasteiger partial charge in [0.25, 0.3) is 0 Å². The van der Waals surface area contributed by atoms with Crippen LogP contribution in [0, 0.1) is 0 Å². The molecule has 4 nitrogen and oxygen atoms in total. The van der Waals surface area contributed by atoms with Crippen LogP contribution < -0.4 is 4.74 Å². The van der Waals surface area contributed by atoms with E-state index in [1.807, 2.05) is 4.57 Å². The summed E-state index contributed by atoms with van der Waals surface area (Å²) in [7, 11) is 0. The second-order valence-electron chi connectivity index (χ2n) is 5.34. The van der Waals surface area contributed by atoms with E-state index in [2.05, 4.69) is 38.3 Å². The number of nitrogens with zero attached hydrogens (tertiary/aromatic N) is 3. The number of halogens is 2. The minimum atomic E-state index is 0.457. The Labute approximate surface area is 130 Å². The highest BCUT2D eigenvalue weighted by Crippen LogP contribution is 2.40. The number of ether oxygens (including phenoxy) is 1. The second kappa shape index (κ2) is 4.74. The Morgan fingerprint density at radius 1 is 1.35 bits per heavy atom. The molecule has 0 radical (unpaired) electrons. The molecule has 1 aromatic carbocycles. The maximum atomic E-state index is 6.19. The summed E-state index contributed by atoms with van der Waals surface area (Å²) in [5, 5.41) is 8.69. The molecule has 1 aromatic heterocycles. The van der Waals surface area contributed by atoms with Crippen molar-refractivity contribution < 1.29 is 4.74 Å². The van der Waals surface area contributed by atoms with E-state index in [0.29, 0.717) is 17.7 Å². The number of fused-ring (bicyclic) bond motifs is 1. The summed E-state index contributed by atoms with van der Waals surface area (Å²) in [4.78, 5) is 0. The molecule has 1 aliphatic heterocycles. The van der Waals surface area contributed by atoms with Gasteiger partial charge >= 0.3 is 0 Å². The lowest BCUT2D eigenvalue weighted by Gasteiger charge is -2.12. The van der Waals surface area contributed by atoms with Gasteiger partial charge in [-0.1, -0.05) is 15.9 Å². The van der Waals surface area contributed by atoms with Gasteiger partial charge in [0.05, 0.1) is 13.2 Å². The fraction of sp³-hybridized carbons (Fsp3) is 0.429. The predicted molar refractivity (Wildman–Crippen MR) is 79.5 cm³/mol. The minimum absolute atomic E-state index is 0.457. The molecule has 4 rings (SSSR count). The standard InChI is InChI=1S/C14H13BrClN3O/c15-11-5-9-3-4-20-12(9)10(6-11)7-19-13(8-1-2-8)17-18-14(19)16/h5-6,8H,1-4,7H2. The van der Waals surface area contributed by atoms with E-state index in [1.54, 1.807) is 0 Å². The molecule has 0 bridgehead atoms. The first-order chi connectivity index (χ1) is 9.72. The van der Waals surface area contributed by atoms with Crippen LogP contribution in [-0.4, -0.2) is 21.4 Å². The van der Waals surface area contributed by atoms with Crippen molar-refractivity contribution in [2.75, 3.05) is 6.61 Å². The van der Waals surface area contributed by atoms with Crippen LogP contribution in [0.4, 0.5) is 0 Å². The first-order valence-electron chi connectivity index (χ1n) is 6.75. The lowest BCUT2D eigenvalue weighted by atomic mass is 10.1. The fourth-order valence-electron chi connectivity index (χ4n) is 2.72. The Hall–Kier alpha value is -1.07. The summed E-state index contributed by atoms with van der Waals surface area (Å²) in [5.74, 6) is 2.53. The van der Waals surface area contributed by atoms with Crippen LogP contribution in [0.2, 0.25) is 5.28 Å². The molecule has 2 heterocycles. The highest BCUT2D eigenvalue weighted by molar-refractivity contribution is 9.10. The Morgan fingerprint density at radius 3 is 3.00 bits per heavy atom. The summed E-state index contributed by atoms with van der Waals surface area (Å²) < 4.78 is 8.85. The predicted octanol–water partition coefficient (Wildman–Crippen LogP) is 3.55. The number of rotatable bonds is 3. The van der Waals surface area contributed by atoms with E-state index in [4.69, 9.17) is 16.3 Å². The summed E-state index contributed by atoms with van der Waals surface area (Å²) in [5.41, 5.74) is 2.39. The van der Waals surface area contributed by atoms with Crippen LogP contribution in [0.25, 0.3) is 0 Å². The summed E-state index contributed by atoms with van der Waals surface area (Å²) in [6.45, 7) is 1.42. The van der Waals surface area contributed by atoms with E-state index in [9.17, 15) is 0 Å². The molecule has 0 amide bonds. The third-order valence-electron chi connectivity index (χ3n) is 3.83. The fourth-order valence-corrected chi connectivity index (χ4v) is 3.46. The molecule has 1 saturated carbocycles. The van der Waals surface area contributed by atoms with Crippen LogP contribution in [-0.2, 0) is 13.0 Å². The van der Waals surface area contributed by atoms with Gasteiger partial charge in [0.15, 0.2) is 0 Å². The van der Waals surface area contributed by atoms with Crippen molar-refractivity contribution in [3.05, 3.63) is 38.8 Å². The third-order valence-corrected chi connectivity index (χ3v) is 4.57. The zero-order valence-electron chi connectivity index (χ0n) is 10.8. The molecule has 0 N–H and O–H groups in total. The van der Waals surface area contributed by atoms with Gasteiger partial charge in [-0.15, -0.1) is 10.2 Å². The third kappa shape index (κ3) is 2.13. The van der Waals surface area contributed by atoms with E-state index >= 15 is 0 Å². The van der Waals surface area contributed by atoms with E-state index < -0.39 is 0 Å². The summed E-state index contributed by atoms with van der Waals surface area (Å²) >= 11 is 9.76. The Bertz CT molecular complexity index is 681. The minimum Gasteiger partial charge on any atom is -0.493 e. The van der Waals surface area contributed by atoms with Crippen molar-refractivity contribution >= 4 is 27.5 Å². The van der Waals surface area contributed by atoms with Crippen LogP contribution >= 0.6 is 27.5 Å². The molecule has 0 spiro atoms. The molecule has 0 atom stereocenters. The normalized spacial score (nSPS) is 17.1. The van der Waals surface area contributed by atoms with Crippen molar-refractivity contribution in [3.8, 4) is 5.75 Å². The molecule has 0 unspecified atom stereocenters. The second-order valence-corrected chi connectivity index (χ2v) is 6.59. The molecule has 1 fully saturated rings. The van der Waals surface area contributed by atoms with E-state index in [1.165, 1.54) is 18.4 Å². The Kier molecular flexibility index (Phi) is 3.00. The number of hydrogen-bond acceptors (Lipinski definition) is 3. The van der Waals surface area contributed by atoms with Crippen molar-refractivity contribution in [1.82, 2.24) is 14.8 Å². The topological polar surface area (TPSA) is 39.9 Å². The Morgan fingerprint density at radius 2 is 2.20 bits per heavy atom. The molecule has 6 heteroatoms. The molecule has 104 valence electrons. The van der Waals surface area contributed by atoms with Gasteiger partial charge in [-0.25, -0.2) is 0 Å². The zero-order chi connectivity index (χ0) is 13.7.